The third-order valence-electron chi connectivity index (χ3n) is 3.70. The number of aromatic nitrogens is 1. The van der Waals surface area contributed by atoms with Gasteiger partial charge in [0.2, 0.25) is 6.41 Å². The van der Waals surface area contributed by atoms with E-state index in [9.17, 15) is 4.79 Å². The van der Waals surface area contributed by atoms with Crippen LogP contribution in [0.15, 0.2) is 30.5 Å². The van der Waals surface area contributed by atoms with E-state index in [0.717, 1.165) is 41.8 Å². The Morgan fingerprint density at radius 3 is 2.79 bits per heavy atom. The van der Waals surface area contributed by atoms with Crippen LogP contribution in [-0.2, 0) is 4.79 Å². The minimum Gasteiger partial charge on any atom is -0.356 e. The van der Waals surface area contributed by atoms with E-state index in [4.69, 9.17) is 0 Å². The van der Waals surface area contributed by atoms with Crippen molar-refractivity contribution in [3.63, 3.8) is 0 Å². The first-order chi connectivity index (χ1) is 9.29. The number of nitrogens with zero attached hydrogens (tertiary/aromatic N) is 3. The molecule has 0 spiro atoms. The van der Waals surface area contributed by atoms with Gasteiger partial charge in [0, 0.05) is 37.4 Å². The van der Waals surface area contributed by atoms with Gasteiger partial charge in [0.05, 0.1) is 0 Å². The largest absolute Gasteiger partial charge is 0.356 e. The molecule has 0 atom stereocenters. The zero-order chi connectivity index (χ0) is 13.2. The van der Waals surface area contributed by atoms with Gasteiger partial charge in [-0.1, -0.05) is 0 Å². The van der Waals surface area contributed by atoms with Crippen LogP contribution in [-0.4, -0.2) is 31.5 Å². The summed E-state index contributed by atoms with van der Waals surface area (Å²) in [5.41, 5.74) is 0.904. The van der Waals surface area contributed by atoms with Gasteiger partial charge >= 0.3 is 0 Å². The van der Waals surface area contributed by atoms with Crippen molar-refractivity contribution in [2.45, 2.75) is 12.8 Å². The van der Waals surface area contributed by atoms with Gasteiger partial charge < -0.3 is 9.80 Å². The lowest BCUT2D eigenvalue weighted by molar-refractivity contribution is -0.107. The normalized spacial score (nSPS) is 14.9. The number of fused-ring (bicyclic) bond motifs is 1. The van der Waals surface area contributed by atoms with Crippen molar-refractivity contribution >= 4 is 28.7 Å². The van der Waals surface area contributed by atoms with Gasteiger partial charge in [-0.25, -0.2) is 4.98 Å². The summed E-state index contributed by atoms with van der Waals surface area (Å²) >= 11 is 0. The Labute approximate surface area is 112 Å². The first kappa shape index (κ1) is 12.0. The molecule has 2 aromatic rings. The van der Waals surface area contributed by atoms with E-state index in [1.165, 1.54) is 12.8 Å². The molecule has 0 saturated carbocycles. The summed E-state index contributed by atoms with van der Waals surface area (Å²) in [4.78, 5) is 19.3. The SMILES string of the molecule is CN(C=O)c1ccc2c(N3CCCC3)nccc2c1. The molecule has 0 radical (unpaired) electrons. The number of pyridine rings is 1. The smallest absolute Gasteiger partial charge is 0.213 e. The van der Waals surface area contributed by atoms with Crippen LogP contribution in [0.1, 0.15) is 12.8 Å². The average Bonchev–Trinajstić information content (AvgIpc) is 2.99. The van der Waals surface area contributed by atoms with E-state index in [1.54, 1.807) is 11.9 Å². The zero-order valence-corrected chi connectivity index (χ0v) is 11.0. The van der Waals surface area contributed by atoms with Crippen molar-refractivity contribution < 1.29 is 4.79 Å². The minimum absolute atomic E-state index is 0.823. The molecule has 98 valence electrons. The number of hydrogen-bond acceptors (Lipinski definition) is 3. The Bertz CT molecular complexity index is 605. The van der Waals surface area contributed by atoms with E-state index in [0.29, 0.717) is 0 Å². The fourth-order valence-electron chi connectivity index (χ4n) is 2.61. The summed E-state index contributed by atoms with van der Waals surface area (Å²) in [5, 5.41) is 2.29. The highest BCUT2D eigenvalue weighted by molar-refractivity contribution is 5.95. The van der Waals surface area contributed by atoms with Gasteiger partial charge in [-0.15, -0.1) is 0 Å². The Kier molecular flexibility index (Phi) is 3.07. The molecule has 0 N–H and O–H groups in total. The first-order valence-electron chi connectivity index (χ1n) is 6.61. The molecule has 1 amide bonds. The van der Waals surface area contributed by atoms with Crippen LogP contribution < -0.4 is 9.80 Å². The van der Waals surface area contributed by atoms with Gasteiger partial charge in [0.15, 0.2) is 0 Å². The number of rotatable bonds is 3. The highest BCUT2D eigenvalue weighted by atomic mass is 16.1. The third-order valence-corrected chi connectivity index (χ3v) is 3.70. The van der Waals surface area contributed by atoms with Crippen LogP contribution in [0.4, 0.5) is 11.5 Å². The zero-order valence-electron chi connectivity index (χ0n) is 11.0. The number of benzene rings is 1. The molecular formula is C15H17N3O. The molecule has 0 unspecified atom stereocenters. The van der Waals surface area contributed by atoms with Crippen molar-refractivity contribution in [1.82, 2.24) is 4.98 Å². The predicted molar refractivity (Wildman–Crippen MR) is 77.7 cm³/mol. The molecule has 1 aromatic carbocycles. The molecule has 0 bridgehead atoms. The fraction of sp³-hybridized carbons (Fsp3) is 0.333. The lowest BCUT2D eigenvalue weighted by Gasteiger charge is -2.19. The molecule has 2 heterocycles. The summed E-state index contributed by atoms with van der Waals surface area (Å²) in [6.07, 6.45) is 5.15. The first-order valence-corrected chi connectivity index (χ1v) is 6.61. The summed E-state index contributed by atoms with van der Waals surface area (Å²) < 4.78 is 0. The fourth-order valence-corrected chi connectivity index (χ4v) is 2.61. The molecule has 1 aromatic heterocycles. The van der Waals surface area contributed by atoms with Crippen LogP contribution in [0.5, 0.6) is 0 Å². The quantitative estimate of drug-likeness (QED) is 0.790. The maximum Gasteiger partial charge on any atom is 0.213 e. The highest BCUT2D eigenvalue weighted by Crippen LogP contribution is 2.29. The van der Waals surface area contributed by atoms with Crippen molar-refractivity contribution in [2.24, 2.45) is 0 Å². The van der Waals surface area contributed by atoms with E-state index >= 15 is 0 Å². The number of carbonyl (C=O) groups is 1. The van der Waals surface area contributed by atoms with Crippen molar-refractivity contribution in [3.05, 3.63) is 30.5 Å². The Hall–Kier alpha value is -2.10. The predicted octanol–water partition coefficient (Wildman–Crippen LogP) is 2.43. The Morgan fingerprint density at radius 2 is 2.05 bits per heavy atom. The standard InChI is InChI=1S/C15H17N3O/c1-17(11-19)13-4-5-14-12(10-13)6-7-16-15(14)18-8-2-3-9-18/h4-7,10-11H,2-3,8-9H2,1H3. The summed E-state index contributed by atoms with van der Waals surface area (Å²) in [6.45, 7) is 2.17. The monoisotopic (exact) mass is 255 g/mol. The summed E-state index contributed by atoms with van der Waals surface area (Å²) in [6, 6.07) is 8.06. The van der Waals surface area contributed by atoms with E-state index in [2.05, 4.69) is 16.0 Å². The van der Waals surface area contributed by atoms with Gasteiger partial charge in [-0.05, 0) is 42.5 Å². The molecule has 4 nitrogen and oxygen atoms in total. The molecule has 19 heavy (non-hydrogen) atoms. The van der Waals surface area contributed by atoms with E-state index < -0.39 is 0 Å². The summed E-state index contributed by atoms with van der Waals surface area (Å²) in [7, 11) is 1.76. The maximum atomic E-state index is 10.8. The van der Waals surface area contributed by atoms with Crippen molar-refractivity contribution in [3.8, 4) is 0 Å². The van der Waals surface area contributed by atoms with Gasteiger partial charge in [-0.3, -0.25) is 4.79 Å². The molecule has 0 aliphatic carbocycles. The lowest BCUT2D eigenvalue weighted by Crippen LogP contribution is -2.19. The van der Waals surface area contributed by atoms with Gasteiger partial charge in [0.1, 0.15) is 5.82 Å². The molecular weight excluding hydrogens is 238 g/mol. The van der Waals surface area contributed by atoms with Gasteiger partial charge in [-0.2, -0.15) is 0 Å². The van der Waals surface area contributed by atoms with E-state index in [1.807, 2.05) is 24.4 Å². The second-order valence-electron chi connectivity index (χ2n) is 4.95. The molecule has 1 fully saturated rings. The van der Waals surface area contributed by atoms with Crippen LogP contribution >= 0.6 is 0 Å². The number of amides is 1. The summed E-state index contributed by atoms with van der Waals surface area (Å²) in [5.74, 6) is 1.07. The van der Waals surface area contributed by atoms with Crippen LogP contribution in [0, 0.1) is 0 Å². The van der Waals surface area contributed by atoms with Crippen molar-refractivity contribution in [2.75, 3.05) is 29.9 Å². The van der Waals surface area contributed by atoms with Crippen LogP contribution in [0.2, 0.25) is 0 Å². The number of anilines is 2. The minimum atomic E-state index is 0.823. The third kappa shape index (κ3) is 2.14. The lowest BCUT2D eigenvalue weighted by atomic mass is 10.1. The molecule has 3 rings (SSSR count). The average molecular weight is 255 g/mol. The maximum absolute atomic E-state index is 10.8. The Balaban J connectivity index is 2.08. The molecule has 1 aliphatic heterocycles. The van der Waals surface area contributed by atoms with Crippen LogP contribution in [0.25, 0.3) is 10.8 Å². The molecule has 1 aliphatic rings. The van der Waals surface area contributed by atoms with Gasteiger partial charge in [0.25, 0.3) is 0 Å². The Morgan fingerprint density at radius 1 is 1.26 bits per heavy atom. The van der Waals surface area contributed by atoms with E-state index in [-0.39, 0.29) is 0 Å². The molecule has 1 saturated heterocycles. The molecule has 4 heteroatoms. The second-order valence-corrected chi connectivity index (χ2v) is 4.95. The van der Waals surface area contributed by atoms with Crippen LogP contribution in [0.3, 0.4) is 0 Å². The number of hydrogen-bond donors (Lipinski definition) is 0. The highest BCUT2D eigenvalue weighted by Gasteiger charge is 2.16. The second kappa shape index (κ2) is 4.88. The number of carbonyl (C=O) groups excluding carboxylic acids is 1. The topological polar surface area (TPSA) is 36.4 Å². The van der Waals surface area contributed by atoms with Crippen molar-refractivity contribution in [1.29, 1.82) is 0 Å².